The Balaban J connectivity index is 2.39. The zero-order valence-electron chi connectivity index (χ0n) is 13.5. The summed E-state index contributed by atoms with van der Waals surface area (Å²) in [6, 6.07) is 0. The number of carbonyl (C=O) groups is 1. The highest BCUT2D eigenvalue weighted by Gasteiger charge is 2.41. The minimum Gasteiger partial charge on any atom is -0.481 e. The van der Waals surface area contributed by atoms with Crippen molar-refractivity contribution in [2.45, 2.75) is 72.1 Å². The van der Waals surface area contributed by atoms with Crippen molar-refractivity contribution < 1.29 is 14.6 Å². The molecular formula is C17H32O3. The van der Waals surface area contributed by atoms with E-state index in [9.17, 15) is 9.90 Å². The summed E-state index contributed by atoms with van der Waals surface area (Å²) in [6.45, 7) is 7.77. The van der Waals surface area contributed by atoms with Crippen molar-refractivity contribution in [2.75, 3.05) is 13.2 Å². The van der Waals surface area contributed by atoms with Crippen LogP contribution in [0.3, 0.4) is 0 Å². The monoisotopic (exact) mass is 284 g/mol. The first-order valence-electron chi connectivity index (χ1n) is 8.31. The standard InChI is InChI=1S/C17H32O3/c1-4-5-6-15-7-9-17(10-8-15,16(18)19)11-12-20-13-14(2)3/h14-15H,4-13H2,1-3H3,(H,18,19). The second-order valence-corrected chi connectivity index (χ2v) is 6.89. The van der Waals surface area contributed by atoms with E-state index in [2.05, 4.69) is 20.8 Å². The summed E-state index contributed by atoms with van der Waals surface area (Å²) in [5.74, 6) is 0.652. The lowest BCUT2D eigenvalue weighted by atomic mass is 9.68. The largest absolute Gasteiger partial charge is 0.481 e. The topological polar surface area (TPSA) is 46.5 Å². The number of hydrogen-bond donors (Lipinski definition) is 1. The second kappa shape index (κ2) is 8.66. The first-order chi connectivity index (χ1) is 9.50. The molecule has 0 aliphatic heterocycles. The van der Waals surface area contributed by atoms with Gasteiger partial charge in [0.2, 0.25) is 0 Å². The average Bonchev–Trinajstić information content (AvgIpc) is 2.42. The zero-order chi connectivity index (χ0) is 15.0. The van der Waals surface area contributed by atoms with Gasteiger partial charge in [-0.1, -0.05) is 40.0 Å². The van der Waals surface area contributed by atoms with Crippen LogP contribution in [0.2, 0.25) is 0 Å². The maximum atomic E-state index is 11.7. The molecule has 1 N–H and O–H groups in total. The maximum Gasteiger partial charge on any atom is 0.309 e. The van der Waals surface area contributed by atoms with E-state index in [1.165, 1.54) is 19.3 Å². The highest BCUT2D eigenvalue weighted by molar-refractivity contribution is 5.74. The molecule has 0 bridgehead atoms. The van der Waals surface area contributed by atoms with Gasteiger partial charge in [-0.25, -0.2) is 0 Å². The molecule has 3 nitrogen and oxygen atoms in total. The first-order valence-corrected chi connectivity index (χ1v) is 8.31. The summed E-state index contributed by atoms with van der Waals surface area (Å²) >= 11 is 0. The van der Waals surface area contributed by atoms with Crippen molar-refractivity contribution in [3.8, 4) is 0 Å². The Hall–Kier alpha value is -0.570. The van der Waals surface area contributed by atoms with Gasteiger partial charge in [-0.15, -0.1) is 0 Å². The second-order valence-electron chi connectivity index (χ2n) is 6.89. The van der Waals surface area contributed by atoms with Crippen LogP contribution in [-0.4, -0.2) is 24.3 Å². The Morgan fingerprint density at radius 2 is 2.00 bits per heavy atom. The van der Waals surface area contributed by atoms with Gasteiger partial charge in [0.15, 0.2) is 0 Å². The summed E-state index contributed by atoms with van der Waals surface area (Å²) in [5, 5.41) is 9.60. The molecule has 0 aromatic heterocycles. The maximum absolute atomic E-state index is 11.7. The van der Waals surface area contributed by atoms with E-state index in [4.69, 9.17) is 4.74 Å². The lowest BCUT2D eigenvalue weighted by Crippen LogP contribution is -2.36. The number of hydrogen-bond acceptors (Lipinski definition) is 2. The van der Waals surface area contributed by atoms with Crippen molar-refractivity contribution in [1.29, 1.82) is 0 Å². The van der Waals surface area contributed by atoms with Crippen LogP contribution in [0.4, 0.5) is 0 Å². The van der Waals surface area contributed by atoms with Crippen molar-refractivity contribution in [2.24, 2.45) is 17.3 Å². The van der Waals surface area contributed by atoms with Gasteiger partial charge >= 0.3 is 5.97 Å². The Morgan fingerprint density at radius 1 is 1.35 bits per heavy atom. The molecule has 0 radical (unpaired) electrons. The van der Waals surface area contributed by atoms with Crippen LogP contribution in [0.1, 0.15) is 72.1 Å². The Kier molecular flexibility index (Phi) is 7.57. The van der Waals surface area contributed by atoms with Gasteiger partial charge in [0, 0.05) is 13.2 Å². The molecule has 1 rings (SSSR count). The van der Waals surface area contributed by atoms with Crippen molar-refractivity contribution in [1.82, 2.24) is 0 Å². The van der Waals surface area contributed by atoms with E-state index in [1.54, 1.807) is 0 Å². The smallest absolute Gasteiger partial charge is 0.309 e. The van der Waals surface area contributed by atoms with Crippen LogP contribution in [0.5, 0.6) is 0 Å². The summed E-state index contributed by atoms with van der Waals surface area (Å²) in [7, 11) is 0. The minimum atomic E-state index is -0.611. The fraction of sp³-hybridized carbons (Fsp3) is 0.941. The molecule has 0 saturated heterocycles. The van der Waals surface area contributed by atoms with E-state index in [0.29, 0.717) is 18.9 Å². The molecule has 0 aromatic carbocycles. The molecule has 0 amide bonds. The van der Waals surface area contributed by atoms with Crippen LogP contribution >= 0.6 is 0 Å². The molecular weight excluding hydrogens is 252 g/mol. The molecule has 20 heavy (non-hydrogen) atoms. The minimum absolute atomic E-state index is 0.514. The molecule has 1 aliphatic carbocycles. The molecule has 0 aromatic rings. The summed E-state index contributed by atoms with van der Waals surface area (Å²) in [4.78, 5) is 11.7. The lowest BCUT2D eigenvalue weighted by molar-refractivity contribution is -0.153. The third kappa shape index (κ3) is 5.43. The van der Waals surface area contributed by atoms with Crippen molar-refractivity contribution in [3.05, 3.63) is 0 Å². The van der Waals surface area contributed by atoms with E-state index in [-0.39, 0.29) is 0 Å². The van der Waals surface area contributed by atoms with Crippen molar-refractivity contribution in [3.63, 3.8) is 0 Å². The number of aliphatic carboxylic acids is 1. The van der Waals surface area contributed by atoms with Crippen molar-refractivity contribution >= 4 is 5.97 Å². The third-order valence-electron chi connectivity index (χ3n) is 4.66. The van der Waals surface area contributed by atoms with Gasteiger partial charge in [0.25, 0.3) is 0 Å². The van der Waals surface area contributed by atoms with E-state index in [0.717, 1.165) is 38.2 Å². The Labute approximate surface area is 124 Å². The van der Waals surface area contributed by atoms with E-state index >= 15 is 0 Å². The molecule has 0 atom stereocenters. The van der Waals surface area contributed by atoms with Gasteiger partial charge in [-0.3, -0.25) is 4.79 Å². The molecule has 1 fully saturated rings. The van der Waals surface area contributed by atoms with Crippen LogP contribution in [-0.2, 0) is 9.53 Å². The molecule has 1 saturated carbocycles. The normalized spacial score (nSPS) is 26.9. The number of unbranched alkanes of at least 4 members (excludes halogenated alkanes) is 1. The van der Waals surface area contributed by atoms with Crippen LogP contribution in [0.15, 0.2) is 0 Å². The van der Waals surface area contributed by atoms with Gasteiger partial charge < -0.3 is 9.84 Å². The average molecular weight is 284 g/mol. The molecule has 118 valence electrons. The highest BCUT2D eigenvalue weighted by Crippen LogP contribution is 2.43. The van der Waals surface area contributed by atoms with Crippen LogP contribution in [0.25, 0.3) is 0 Å². The number of rotatable bonds is 9. The fourth-order valence-electron chi connectivity index (χ4n) is 3.17. The fourth-order valence-corrected chi connectivity index (χ4v) is 3.17. The molecule has 1 aliphatic rings. The summed E-state index contributed by atoms with van der Waals surface area (Å²) in [5.41, 5.74) is -0.514. The Bertz CT molecular complexity index is 278. The number of carboxylic acids is 1. The zero-order valence-corrected chi connectivity index (χ0v) is 13.5. The lowest BCUT2D eigenvalue weighted by Gasteiger charge is -2.37. The van der Waals surface area contributed by atoms with E-state index < -0.39 is 11.4 Å². The SMILES string of the molecule is CCCCC1CCC(CCOCC(C)C)(C(=O)O)CC1. The van der Waals surface area contributed by atoms with Crippen LogP contribution in [0, 0.1) is 17.3 Å². The Morgan fingerprint density at radius 3 is 2.50 bits per heavy atom. The molecule has 0 unspecified atom stereocenters. The third-order valence-corrected chi connectivity index (χ3v) is 4.66. The number of ether oxygens (including phenoxy) is 1. The van der Waals surface area contributed by atoms with Gasteiger partial charge in [-0.05, 0) is 43.9 Å². The van der Waals surface area contributed by atoms with Gasteiger partial charge in [0.05, 0.1) is 5.41 Å². The molecule has 0 heterocycles. The first kappa shape index (κ1) is 17.5. The predicted octanol–water partition coefficient (Wildman–Crippen LogP) is 4.50. The molecule has 0 spiro atoms. The predicted molar refractivity (Wildman–Crippen MR) is 81.8 cm³/mol. The van der Waals surface area contributed by atoms with E-state index in [1.807, 2.05) is 0 Å². The van der Waals surface area contributed by atoms with Gasteiger partial charge in [-0.2, -0.15) is 0 Å². The highest BCUT2D eigenvalue weighted by atomic mass is 16.5. The summed E-state index contributed by atoms with van der Waals surface area (Å²) in [6.07, 6.45) is 8.30. The van der Waals surface area contributed by atoms with Crippen LogP contribution < -0.4 is 0 Å². The quantitative estimate of drug-likeness (QED) is 0.634. The van der Waals surface area contributed by atoms with Gasteiger partial charge in [0.1, 0.15) is 0 Å². The summed E-state index contributed by atoms with van der Waals surface area (Å²) < 4.78 is 5.60. The number of carboxylic acid groups (broad SMARTS) is 1. The molecule has 3 heteroatoms.